The Balaban J connectivity index is 1.69. The second-order valence-corrected chi connectivity index (χ2v) is 4.32. The molecule has 2 fully saturated rings. The van der Waals surface area contributed by atoms with Crippen molar-refractivity contribution in [3.05, 3.63) is 0 Å². The van der Waals surface area contributed by atoms with Gasteiger partial charge < -0.3 is 10.6 Å². The van der Waals surface area contributed by atoms with E-state index >= 15 is 0 Å². The number of rotatable bonds is 4. The molecule has 0 unspecified atom stereocenters. The summed E-state index contributed by atoms with van der Waals surface area (Å²) < 4.78 is 0. The van der Waals surface area contributed by atoms with Gasteiger partial charge in [-0.3, -0.25) is 0 Å². The maximum atomic E-state index is 5.47. The molecule has 2 aliphatic rings. The first-order valence-electron chi connectivity index (χ1n) is 5.34. The van der Waals surface area contributed by atoms with Crippen LogP contribution >= 0.6 is 0 Å². The van der Waals surface area contributed by atoms with Crippen molar-refractivity contribution >= 4 is 0 Å². The molecule has 2 N–H and O–H groups in total. The number of likely N-dealkylation sites (tertiary alicyclic amines) is 1. The van der Waals surface area contributed by atoms with Gasteiger partial charge in [-0.05, 0) is 51.1 Å². The average Bonchev–Trinajstić information content (AvgIpc) is 2.65. The Labute approximate surface area is 75.1 Å². The lowest BCUT2D eigenvalue weighted by Gasteiger charge is -2.26. The van der Waals surface area contributed by atoms with Crippen LogP contribution in [-0.2, 0) is 0 Å². The predicted octanol–water partition coefficient (Wildman–Crippen LogP) is 1.21. The Bertz CT molecular complexity index is 147. The van der Waals surface area contributed by atoms with E-state index in [-0.39, 0.29) is 0 Å². The SMILES string of the molecule is NCCCCN1C[C@H]2CC[C@@H]1C2. The van der Waals surface area contributed by atoms with Crippen LogP contribution in [0.25, 0.3) is 0 Å². The standard InChI is InChI=1S/C10H20N2/c11-5-1-2-6-12-8-9-3-4-10(12)7-9/h9-10H,1-8,11H2/t9-,10+/m0/s1. The third-order valence-electron chi connectivity index (χ3n) is 3.42. The summed E-state index contributed by atoms with van der Waals surface area (Å²) in [4.78, 5) is 2.68. The molecule has 2 atom stereocenters. The maximum absolute atomic E-state index is 5.47. The second-order valence-electron chi connectivity index (χ2n) is 4.32. The van der Waals surface area contributed by atoms with Crippen molar-refractivity contribution in [2.75, 3.05) is 19.6 Å². The van der Waals surface area contributed by atoms with Crippen LogP contribution in [0.2, 0.25) is 0 Å². The molecule has 0 amide bonds. The van der Waals surface area contributed by atoms with Crippen LogP contribution in [-0.4, -0.2) is 30.6 Å². The van der Waals surface area contributed by atoms with E-state index < -0.39 is 0 Å². The highest BCUT2D eigenvalue weighted by Crippen LogP contribution is 2.37. The highest BCUT2D eigenvalue weighted by Gasteiger charge is 2.36. The summed E-state index contributed by atoms with van der Waals surface area (Å²) in [5, 5.41) is 0. The Kier molecular flexibility index (Phi) is 2.66. The van der Waals surface area contributed by atoms with E-state index in [1.165, 1.54) is 45.2 Å². The third kappa shape index (κ3) is 1.64. The van der Waals surface area contributed by atoms with Gasteiger partial charge in [-0.15, -0.1) is 0 Å². The zero-order valence-electron chi connectivity index (χ0n) is 7.84. The maximum Gasteiger partial charge on any atom is 0.00985 e. The summed E-state index contributed by atoms with van der Waals surface area (Å²) in [7, 11) is 0. The Morgan fingerprint density at radius 3 is 2.75 bits per heavy atom. The summed E-state index contributed by atoms with van der Waals surface area (Å²) in [5.74, 6) is 1.05. The second kappa shape index (κ2) is 3.75. The van der Waals surface area contributed by atoms with Crippen LogP contribution in [0, 0.1) is 5.92 Å². The van der Waals surface area contributed by atoms with E-state index in [4.69, 9.17) is 5.73 Å². The molecule has 1 saturated carbocycles. The Morgan fingerprint density at radius 1 is 1.25 bits per heavy atom. The van der Waals surface area contributed by atoms with Gasteiger partial charge in [0.15, 0.2) is 0 Å². The summed E-state index contributed by atoms with van der Waals surface area (Å²) in [6.07, 6.45) is 6.96. The van der Waals surface area contributed by atoms with Crippen LogP contribution in [0.3, 0.4) is 0 Å². The van der Waals surface area contributed by atoms with Crippen molar-refractivity contribution in [3.63, 3.8) is 0 Å². The van der Waals surface area contributed by atoms with Crippen molar-refractivity contribution in [2.24, 2.45) is 11.7 Å². The molecule has 0 radical (unpaired) electrons. The van der Waals surface area contributed by atoms with Crippen LogP contribution in [0.1, 0.15) is 32.1 Å². The van der Waals surface area contributed by atoms with E-state index in [9.17, 15) is 0 Å². The zero-order chi connectivity index (χ0) is 8.39. The first kappa shape index (κ1) is 8.52. The smallest absolute Gasteiger partial charge is 0.00985 e. The van der Waals surface area contributed by atoms with Gasteiger partial charge in [0.25, 0.3) is 0 Å². The first-order chi connectivity index (χ1) is 5.90. The molecular formula is C10H20N2. The van der Waals surface area contributed by atoms with Gasteiger partial charge in [-0.2, -0.15) is 0 Å². The molecule has 2 nitrogen and oxygen atoms in total. The number of hydrogen-bond donors (Lipinski definition) is 1. The summed E-state index contributed by atoms with van der Waals surface area (Å²) in [6, 6.07) is 0.952. The minimum atomic E-state index is 0.863. The van der Waals surface area contributed by atoms with Crippen molar-refractivity contribution in [1.29, 1.82) is 0 Å². The third-order valence-corrected chi connectivity index (χ3v) is 3.42. The summed E-state index contributed by atoms with van der Waals surface area (Å²) >= 11 is 0. The predicted molar refractivity (Wildman–Crippen MR) is 51.0 cm³/mol. The van der Waals surface area contributed by atoms with Gasteiger partial charge in [0.2, 0.25) is 0 Å². The van der Waals surface area contributed by atoms with E-state index in [0.29, 0.717) is 0 Å². The number of unbranched alkanes of at least 4 members (excludes halogenated alkanes) is 1. The van der Waals surface area contributed by atoms with Crippen molar-refractivity contribution in [2.45, 2.75) is 38.1 Å². The average molecular weight is 168 g/mol. The fourth-order valence-electron chi connectivity index (χ4n) is 2.76. The van der Waals surface area contributed by atoms with E-state index in [1.807, 2.05) is 0 Å². The fraction of sp³-hybridized carbons (Fsp3) is 1.00. The fourth-order valence-corrected chi connectivity index (χ4v) is 2.76. The van der Waals surface area contributed by atoms with Crippen LogP contribution < -0.4 is 5.73 Å². The molecule has 12 heavy (non-hydrogen) atoms. The largest absolute Gasteiger partial charge is 0.330 e. The summed E-state index contributed by atoms with van der Waals surface area (Å²) in [6.45, 7) is 3.55. The number of fused-ring (bicyclic) bond motifs is 2. The number of nitrogens with zero attached hydrogens (tertiary/aromatic N) is 1. The Morgan fingerprint density at radius 2 is 2.17 bits per heavy atom. The molecular weight excluding hydrogens is 148 g/mol. The van der Waals surface area contributed by atoms with Gasteiger partial charge in [0, 0.05) is 12.6 Å². The quantitative estimate of drug-likeness (QED) is 0.639. The highest BCUT2D eigenvalue weighted by atomic mass is 15.2. The molecule has 0 spiro atoms. The molecule has 2 heteroatoms. The molecule has 2 rings (SSSR count). The van der Waals surface area contributed by atoms with Gasteiger partial charge in [0.05, 0.1) is 0 Å². The van der Waals surface area contributed by atoms with E-state index in [2.05, 4.69) is 4.90 Å². The number of piperidine rings is 1. The van der Waals surface area contributed by atoms with E-state index in [0.717, 1.165) is 18.5 Å². The number of hydrogen-bond acceptors (Lipinski definition) is 2. The minimum absolute atomic E-state index is 0.863. The van der Waals surface area contributed by atoms with Crippen LogP contribution in [0.15, 0.2) is 0 Å². The molecule has 0 aromatic rings. The monoisotopic (exact) mass is 168 g/mol. The van der Waals surface area contributed by atoms with Crippen molar-refractivity contribution < 1.29 is 0 Å². The molecule has 2 bridgehead atoms. The summed E-state index contributed by atoms with van der Waals surface area (Å²) in [5.41, 5.74) is 5.47. The van der Waals surface area contributed by atoms with Crippen LogP contribution in [0.4, 0.5) is 0 Å². The van der Waals surface area contributed by atoms with Crippen molar-refractivity contribution in [3.8, 4) is 0 Å². The lowest BCUT2D eigenvalue weighted by Crippen LogP contribution is -2.33. The van der Waals surface area contributed by atoms with Gasteiger partial charge in [-0.1, -0.05) is 0 Å². The van der Waals surface area contributed by atoms with Crippen LogP contribution in [0.5, 0.6) is 0 Å². The minimum Gasteiger partial charge on any atom is -0.330 e. The lowest BCUT2D eigenvalue weighted by molar-refractivity contribution is 0.210. The molecule has 1 saturated heterocycles. The highest BCUT2D eigenvalue weighted by molar-refractivity contribution is 4.91. The Hall–Kier alpha value is -0.0800. The zero-order valence-corrected chi connectivity index (χ0v) is 7.84. The molecule has 1 heterocycles. The number of nitrogens with two attached hydrogens (primary N) is 1. The first-order valence-corrected chi connectivity index (χ1v) is 5.34. The normalized spacial score (nSPS) is 34.8. The molecule has 1 aliphatic carbocycles. The topological polar surface area (TPSA) is 29.3 Å². The lowest BCUT2D eigenvalue weighted by atomic mass is 10.1. The van der Waals surface area contributed by atoms with Gasteiger partial charge in [-0.25, -0.2) is 0 Å². The van der Waals surface area contributed by atoms with Crippen molar-refractivity contribution in [1.82, 2.24) is 4.90 Å². The molecule has 0 aromatic carbocycles. The van der Waals surface area contributed by atoms with E-state index in [1.54, 1.807) is 0 Å². The van der Waals surface area contributed by atoms with Gasteiger partial charge >= 0.3 is 0 Å². The molecule has 70 valence electrons. The molecule has 1 aliphatic heterocycles. The molecule has 0 aromatic heterocycles. The van der Waals surface area contributed by atoms with Gasteiger partial charge in [0.1, 0.15) is 0 Å².